The van der Waals surface area contributed by atoms with E-state index >= 15 is 0 Å². The molecule has 144 valence electrons. The molecule has 0 unspecified atom stereocenters. The number of carbonyl (C=O) groups is 1. The summed E-state index contributed by atoms with van der Waals surface area (Å²) in [5.74, 6) is 1.52. The molecule has 0 fully saturated rings. The normalized spacial score (nSPS) is 11.7. The summed E-state index contributed by atoms with van der Waals surface area (Å²) in [6.45, 7) is 13.0. The van der Waals surface area contributed by atoms with Crippen LogP contribution in [0, 0.1) is 11.8 Å². The van der Waals surface area contributed by atoms with Crippen LogP contribution in [0.1, 0.15) is 105 Å². The lowest BCUT2D eigenvalue weighted by Crippen LogP contribution is -2.29. The van der Waals surface area contributed by atoms with Crippen molar-refractivity contribution in [1.82, 2.24) is 5.06 Å². The van der Waals surface area contributed by atoms with Gasteiger partial charge in [-0.15, -0.1) is 5.06 Å². The Hall–Kier alpha value is -0.570. The molecule has 0 saturated carbocycles. The highest BCUT2D eigenvalue weighted by atomic mass is 16.7. The molecular weight excluding hydrogens is 298 g/mol. The predicted octanol–water partition coefficient (Wildman–Crippen LogP) is 6.37. The van der Waals surface area contributed by atoms with Gasteiger partial charge in [0, 0.05) is 19.5 Å². The lowest BCUT2D eigenvalue weighted by atomic mass is 10.0. The maximum atomic E-state index is 11.9. The van der Waals surface area contributed by atoms with Crippen molar-refractivity contribution in [1.29, 1.82) is 0 Å². The molecule has 0 aliphatic rings. The second kappa shape index (κ2) is 15.9. The van der Waals surface area contributed by atoms with Gasteiger partial charge < -0.3 is 4.84 Å². The van der Waals surface area contributed by atoms with Crippen molar-refractivity contribution < 1.29 is 9.63 Å². The second-order valence-corrected chi connectivity index (χ2v) is 7.98. The van der Waals surface area contributed by atoms with E-state index in [1.165, 1.54) is 38.5 Å². The van der Waals surface area contributed by atoms with Crippen LogP contribution in [0.2, 0.25) is 0 Å². The lowest BCUT2D eigenvalue weighted by molar-refractivity contribution is -0.191. The number of hydrogen-bond donors (Lipinski definition) is 0. The third-order valence-electron chi connectivity index (χ3n) is 4.34. The Balaban J connectivity index is 4.01. The van der Waals surface area contributed by atoms with E-state index in [9.17, 15) is 4.79 Å². The molecule has 0 amide bonds. The summed E-state index contributed by atoms with van der Waals surface area (Å²) >= 11 is 0. The van der Waals surface area contributed by atoms with Gasteiger partial charge in [0.25, 0.3) is 0 Å². The van der Waals surface area contributed by atoms with Crippen molar-refractivity contribution in [3.05, 3.63) is 0 Å². The maximum Gasteiger partial charge on any atom is 0.325 e. The number of rotatable bonds is 16. The maximum absolute atomic E-state index is 11.9. The number of nitrogens with zero attached hydrogens (tertiary/aromatic N) is 1. The van der Waals surface area contributed by atoms with Crippen LogP contribution in [-0.4, -0.2) is 24.1 Å². The minimum Gasteiger partial charge on any atom is -0.368 e. The van der Waals surface area contributed by atoms with Gasteiger partial charge in [-0.1, -0.05) is 79.6 Å². The molecule has 0 radical (unpaired) electrons. The summed E-state index contributed by atoms with van der Waals surface area (Å²) in [7, 11) is 0. The molecule has 0 spiro atoms. The van der Waals surface area contributed by atoms with Crippen molar-refractivity contribution in [3.8, 4) is 0 Å². The van der Waals surface area contributed by atoms with Gasteiger partial charge in [-0.3, -0.25) is 4.79 Å². The number of hydrogen-bond acceptors (Lipinski definition) is 3. The third-order valence-corrected chi connectivity index (χ3v) is 4.34. The number of carbonyl (C=O) groups excluding carboxylic acids is 1. The smallest absolute Gasteiger partial charge is 0.325 e. The number of hydroxylamine groups is 2. The van der Waals surface area contributed by atoms with Crippen LogP contribution in [0.15, 0.2) is 0 Å². The first-order valence-electron chi connectivity index (χ1n) is 10.4. The van der Waals surface area contributed by atoms with E-state index in [1.807, 2.05) is 5.06 Å². The van der Waals surface area contributed by atoms with Crippen LogP contribution >= 0.6 is 0 Å². The van der Waals surface area contributed by atoms with Gasteiger partial charge in [0.1, 0.15) is 0 Å². The first-order valence-corrected chi connectivity index (χ1v) is 10.4. The van der Waals surface area contributed by atoms with E-state index in [2.05, 4.69) is 34.6 Å². The summed E-state index contributed by atoms with van der Waals surface area (Å²) in [5.41, 5.74) is 0. The molecule has 0 rings (SSSR count). The topological polar surface area (TPSA) is 29.5 Å². The van der Waals surface area contributed by atoms with Crippen LogP contribution in [0.4, 0.5) is 0 Å². The highest BCUT2D eigenvalue weighted by Gasteiger charge is 2.11. The minimum atomic E-state index is -0.0544. The average Bonchev–Trinajstić information content (AvgIpc) is 2.51. The largest absolute Gasteiger partial charge is 0.368 e. The SMILES string of the molecule is CCCCC(=O)ON(CCCCCC(C)C)CCCCCC(C)C. The van der Waals surface area contributed by atoms with Crippen molar-refractivity contribution in [2.24, 2.45) is 11.8 Å². The molecule has 0 aromatic rings. The Labute approximate surface area is 151 Å². The average molecular weight is 342 g/mol. The molecule has 0 saturated heterocycles. The van der Waals surface area contributed by atoms with Gasteiger partial charge in [0.2, 0.25) is 0 Å². The minimum absolute atomic E-state index is 0.0544. The predicted molar refractivity (Wildman–Crippen MR) is 104 cm³/mol. The van der Waals surface area contributed by atoms with Crippen LogP contribution < -0.4 is 0 Å². The van der Waals surface area contributed by atoms with E-state index in [0.29, 0.717) is 6.42 Å². The molecule has 24 heavy (non-hydrogen) atoms. The molecule has 0 atom stereocenters. The van der Waals surface area contributed by atoms with Crippen LogP contribution in [-0.2, 0) is 9.63 Å². The molecular formula is C21H43NO2. The highest BCUT2D eigenvalue weighted by Crippen LogP contribution is 2.12. The van der Waals surface area contributed by atoms with Gasteiger partial charge in [-0.05, 0) is 31.1 Å². The summed E-state index contributed by atoms with van der Waals surface area (Å²) in [6, 6.07) is 0. The molecule has 0 aromatic heterocycles. The van der Waals surface area contributed by atoms with Crippen LogP contribution in [0.3, 0.4) is 0 Å². The van der Waals surface area contributed by atoms with Gasteiger partial charge in [0.05, 0.1) is 0 Å². The fraction of sp³-hybridized carbons (Fsp3) is 0.952. The van der Waals surface area contributed by atoms with Gasteiger partial charge in [0.15, 0.2) is 0 Å². The van der Waals surface area contributed by atoms with E-state index in [4.69, 9.17) is 4.84 Å². The van der Waals surface area contributed by atoms with Gasteiger partial charge in [-0.2, -0.15) is 0 Å². The zero-order chi connectivity index (χ0) is 18.2. The van der Waals surface area contributed by atoms with Crippen molar-refractivity contribution >= 4 is 5.97 Å². The summed E-state index contributed by atoms with van der Waals surface area (Å²) < 4.78 is 0. The fourth-order valence-corrected chi connectivity index (χ4v) is 2.75. The molecule has 3 nitrogen and oxygen atoms in total. The Morgan fingerprint density at radius 1 is 0.792 bits per heavy atom. The van der Waals surface area contributed by atoms with Crippen LogP contribution in [0.25, 0.3) is 0 Å². The number of unbranched alkanes of at least 4 members (excludes halogenated alkanes) is 5. The Morgan fingerprint density at radius 2 is 1.29 bits per heavy atom. The molecule has 0 bridgehead atoms. The summed E-state index contributed by atoms with van der Waals surface area (Å²) in [5, 5.41) is 1.93. The third kappa shape index (κ3) is 16.3. The monoisotopic (exact) mass is 341 g/mol. The zero-order valence-electron chi connectivity index (χ0n) is 17.1. The molecule has 0 aromatic carbocycles. The first-order chi connectivity index (χ1) is 11.5. The quantitative estimate of drug-likeness (QED) is 0.241. The summed E-state index contributed by atoms with van der Waals surface area (Å²) in [4.78, 5) is 17.5. The van der Waals surface area contributed by atoms with E-state index < -0.39 is 0 Å². The Bertz CT molecular complexity index is 272. The van der Waals surface area contributed by atoms with Crippen molar-refractivity contribution in [2.75, 3.05) is 13.1 Å². The van der Waals surface area contributed by atoms with Gasteiger partial charge >= 0.3 is 5.97 Å². The zero-order valence-corrected chi connectivity index (χ0v) is 17.1. The van der Waals surface area contributed by atoms with Gasteiger partial charge in [-0.25, -0.2) is 0 Å². The van der Waals surface area contributed by atoms with E-state index in [-0.39, 0.29) is 5.97 Å². The molecule has 3 heteroatoms. The second-order valence-electron chi connectivity index (χ2n) is 7.98. The molecule has 0 heterocycles. The molecule has 0 aliphatic carbocycles. The molecule has 0 aliphatic heterocycles. The van der Waals surface area contributed by atoms with E-state index in [1.54, 1.807) is 0 Å². The van der Waals surface area contributed by atoms with E-state index in [0.717, 1.165) is 50.6 Å². The Kier molecular flexibility index (Phi) is 15.6. The lowest BCUT2D eigenvalue weighted by Gasteiger charge is -2.21. The first kappa shape index (κ1) is 23.4. The highest BCUT2D eigenvalue weighted by molar-refractivity contribution is 5.68. The van der Waals surface area contributed by atoms with Crippen molar-refractivity contribution in [2.45, 2.75) is 105 Å². The fourth-order valence-electron chi connectivity index (χ4n) is 2.75. The Morgan fingerprint density at radius 3 is 1.71 bits per heavy atom. The summed E-state index contributed by atoms with van der Waals surface area (Å²) in [6.07, 6.45) is 12.4. The van der Waals surface area contributed by atoms with Crippen molar-refractivity contribution in [3.63, 3.8) is 0 Å². The van der Waals surface area contributed by atoms with Crippen LogP contribution in [0.5, 0.6) is 0 Å². The standard InChI is InChI=1S/C21H43NO2/c1-6-7-16-21(23)24-22(17-12-8-10-14-19(2)3)18-13-9-11-15-20(4)5/h19-20H,6-18H2,1-5H3. The molecule has 0 N–H and O–H groups in total.